The van der Waals surface area contributed by atoms with E-state index in [4.69, 9.17) is 14.8 Å². The maximum Gasteiger partial charge on any atom is 0.264 e. The molecule has 3 N–H and O–H groups in total. The molecule has 0 radical (unpaired) electrons. The van der Waals surface area contributed by atoms with E-state index in [0.29, 0.717) is 6.42 Å². The van der Waals surface area contributed by atoms with Crippen LogP contribution in [-0.2, 0) is 10.1 Å². The van der Waals surface area contributed by atoms with E-state index in [1.807, 2.05) is 6.92 Å². The molecule has 0 rings (SSSR count). The number of aliphatic hydroxyl groups is 2. The summed E-state index contributed by atoms with van der Waals surface area (Å²) in [6, 6.07) is 0. The highest BCUT2D eigenvalue weighted by Crippen LogP contribution is 1.90. The number of rotatable bonds is 4. The van der Waals surface area contributed by atoms with Gasteiger partial charge in [-0.2, -0.15) is 8.42 Å². The molecule has 0 saturated carbocycles. The normalized spacial score (nSPS) is 10.3. The molecule has 0 heterocycles. The third kappa shape index (κ3) is 22.5. The molecule has 0 bridgehead atoms. The van der Waals surface area contributed by atoms with Gasteiger partial charge in [0.25, 0.3) is 10.1 Å². The van der Waals surface area contributed by atoms with Gasteiger partial charge in [0.2, 0.25) is 0 Å². The molecule has 0 aliphatic carbocycles. The molecule has 6 heteroatoms. The Bertz CT molecular complexity index is 161. The zero-order valence-corrected chi connectivity index (χ0v) is 7.92. The van der Waals surface area contributed by atoms with Crippen LogP contribution in [0.25, 0.3) is 0 Å². The van der Waals surface area contributed by atoms with E-state index in [1.54, 1.807) is 0 Å². The van der Waals surface area contributed by atoms with Crippen LogP contribution in [0.5, 0.6) is 0 Å². The second-order valence-electron chi connectivity index (χ2n) is 2.09. The van der Waals surface area contributed by atoms with Crippen LogP contribution in [0.3, 0.4) is 0 Å². The lowest BCUT2D eigenvalue weighted by molar-refractivity contribution is 0.186. The van der Waals surface area contributed by atoms with Crippen LogP contribution in [0, 0.1) is 0 Å². The van der Waals surface area contributed by atoms with E-state index in [9.17, 15) is 8.42 Å². The first-order valence-corrected chi connectivity index (χ1v) is 5.25. The highest BCUT2D eigenvalue weighted by molar-refractivity contribution is 7.85. The van der Waals surface area contributed by atoms with E-state index >= 15 is 0 Å². The molecule has 0 amide bonds. The molecule has 0 aromatic carbocycles. The van der Waals surface area contributed by atoms with Gasteiger partial charge in [-0.3, -0.25) is 4.55 Å². The fourth-order valence-electron chi connectivity index (χ4n) is 0.327. The molecule has 0 atom stereocenters. The number of hydrogen-bond donors (Lipinski definition) is 3. The van der Waals surface area contributed by atoms with Crippen molar-refractivity contribution in [3.8, 4) is 0 Å². The van der Waals surface area contributed by atoms with Gasteiger partial charge >= 0.3 is 0 Å². The Kier molecular flexibility index (Phi) is 10.7. The van der Waals surface area contributed by atoms with Crippen molar-refractivity contribution in [1.29, 1.82) is 0 Å². The van der Waals surface area contributed by atoms with Crippen LogP contribution in [-0.4, -0.2) is 42.2 Å². The summed E-state index contributed by atoms with van der Waals surface area (Å²) in [5.74, 6) is -0.108. The number of aliphatic hydroxyl groups excluding tert-OH is 2. The summed E-state index contributed by atoms with van der Waals surface area (Å²) < 4.78 is 28.0. The van der Waals surface area contributed by atoms with E-state index in [1.165, 1.54) is 0 Å². The molecule has 5 nitrogen and oxygen atoms in total. The van der Waals surface area contributed by atoms with Crippen molar-refractivity contribution < 1.29 is 23.2 Å². The third-order valence-electron chi connectivity index (χ3n) is 0.856. The van der Waals surface area contributed by atoms with Crippen molar-refractivity contribution in [3.63, 3.8) is 0 Å². The Morgan fingerprint density at radius 3 is 1.67 bits per heavy atom. The van der Waals surface area contributed by atoms with Crippen molar-refractivity contribution >= 4 is 10.1 Å². The topological polar surface area (TPSA) is 94.8 Å². The van der Waals surface area contributed by atoms with Crippen LogP contribution in [0.1, 0.15) is 19.8 Å². The lowest BCUT2D eigenvalue weighted by Crippen LogP contribution is -2.02. The fourth-order valence-corrected chi connectivity index (χ4v) is 0.980. The Labute approximate surface area is 72.8 Å². The summed E-state index contributed by atoms with van der Waals surface area (Å²) in [7, 11) is -3.69. The summed E-state index contributed by atoms with van der Waals surface area (Å²) in [6.45, 7) is 1.62. The number of unbranched alkanes of at least 4 members (excludes halogenated alkanes) is 1. The van der Waals surface area contributed by atoms with Crippen molar-refractivity contribution in [2.24, 2.45) is 0 Å². The van der Waals surface area contributed by atoms with Crippen molar-refractivity contribution in [3.05, 3.63) is 0 Å². The first-order valence-electron chi connectivity index (χ1n) is 3.64. The van der Waals surface area contributed by atoms with Gasteiger partial charge in [-0.05, 0) is 6.42 Å². The van der Waals surface area contributed by atoms with Gasteiger partial charge in [0.15, 0.2) is 0 Å². The predicted octanol–water partition coefficient (Wildman–Crippen LogP) is -0.355. The lowest BCUT2D eigenvalue weighted by Gasteiger charge is -1.90. The predicted molar refractivity (Wildman–Crippen MR) is 45.5 cm³/mol. The Balaban J connectivity index is 0. The van der Waals surface area contributed by atoms with E-state index in [-0.39, 0.29) is 19.0 Å². The molecule has 0 saturated heterocycles. The number of hydrogen-bond acceptors (Lipinski definition) is 4. The quantitative estimate of drug-likeness (QED) is 0.539. The summed E-state index contributed by atoms with van der Waals surface area (Å²) in [6.07, 6.45) is 1.33. The standard InChI is InChI=1S/C4H10O3S.C2H6O2/c1-2-3-4-8(5,6)7;3-1-2-4/h2-4H2,1H3,(H,5,6,7);3-4H,1-2H2. The first kappa shape index (κ1) is 14.4. The average molecular weight is 200 g/mol. The van der Waals surface area contributed by atoms with Crippen molar-refractivity contribution in [1.82, 2.24) is 0 Å². The molecule has 0 fully saturated rings. The second-order valence-corrected chi connectivity index (χ2v) is 3.66. The fraction of sp³-hybridized carbons (Fsp3) is 1.00. The van der Waals surface area contributed by atoms with Gasteiger partial charge in [0, 0.05) is 0 Å². The molecule has 0 unspecified atom stereocenters. The minimum atomic E-state index is -3.69. The maximum absolute atomic E-state index is 9.95. The van der Waals surface area contributed by atoms with Gasteiger partial charge in [0.1, 0.15) is 0 Å². The van der Waals surface area contributed by atoms with Crippen LogP contribution in [0.2, 0.25) is 0 Å². The van der Waals surface area contributed by atoms with Gasteiger partial charge in [-0.1, -0.05) is 13.3 Å². The van der Waals surface area contributed by atoms with Gasteiger partial charge in [0.05, 0.1) is 19.0 Å². The van der Waals surface area contributed by atoms with Crippen LogP contribution in [0.15, 0.2) is 0 Å². The summed E-state index contributed by atoms with van der Waals surface area (Å²) in [5, 5.41) is 15.2. The highest BCUT2D eigenvalue weighted by Gasteiger charge is 2.00. The Morgan fingerprint density at radius 2 is 1.58 bits per heavy atom. The summed E-state index contributed by atoms with van der Waals surface area (Å²) in [5.41, 5.74) is 0. The maximum atomic E-state index is 9.95. The molecule has 0 aromatic rings. The van der Waals surface area contributed by atoms with Crippen molar-refractivity contribution in [2.45, 2.75) is 19.8 Å². The molecule has 0 spiro atoms. The first-order chi connectivity index (χ1) is 5.47. The zero-order valence-electron chi connectivity index (χ0n) is 7.10. The van der Waals surface area contributed by atoms with Crippen molar-refractivity contribution in [2.75, 3.05) is 19.0 Å². The smallest absolute Gasteiger partial charge is 0.264 e. The lowest BCUT2D eigenvalue weighted by atomic mass is 10.4. The Morgan fingerprint density at radius 1 is 1.17 bits per heavy atom. The molecule has 76 valence electrons. The molecule has 12 heavy (non-hydrogen) atoms. The summed E-state index contributed by atoms with van der Waals surface area (Å²) in [4.78, 5) is 0. The Hall–Kier alpha value is -0.170. The molecular weight excluding hydrogens is 184 g/mol. The molecular formula is C6H16O5S. The minimum Gasteiger partial charge on any atom is -0.394 e. The minimum absolute atomic E-state index is 0.108. The van der Waals surface area contributed by atoms with E-state index in [2.05, 4.69) is 0 Å². The zero-order chi connectivity index (χ0) is 10.0. The monoisotopic (exact) mass is 200 g/mol. The SMILES string of the molecule is CCCCS(=O)(=O)O.OCCO. The summed E-state index contributed by atoms with van der Waals surface area (Å²) >= 11 is 0. The van der Waals surface area contributed by atoms with Crippen LogP contribution >= 0.6 is 0 Å². The van der Waals surface area contributed by atoms with Crippen LogP contribution < -0.4 is 0 Å². The van der Waals surface area contributed by atoms with E-state index in [0.717, 1.165) is 6.42 Å². The highest BCUT2D eigenvalue weighted by atomic mass is 32.2. The molecule has 0 aromatic heterocycles. The average Bonchev–Trinajstić information content (AvgIpc) is 2.00. The van der Waals surface area contributed by atoms with Gasteiger partial charge in [-0.15, -0.1) is 0 Å². The van der Waals surface area contributed by atoms with E-state index < -0.39 is 10.1 Å². The van der Waals surface area contributed by atoms with Gasteiger partial charge < -0.3 is 10.2 Å². The second kappa shape index (κ2) is 8.92. The van der Waals surface area contributed by atoms with Gasteiger partial charge in [-0.25, -0.2) is 0 Å². The van der Waals surface area contributed by atoms with Crippen LogP contribution in [0.4, 0.5) is 0 Å². The largest absolute Gasteiger partial charge is 0.394 e. The molecule has 0 aliphatic rings. The molecule has 0 aliphatic heterocycles. The third-order valence-corrected chi connectivity index (χ3v) is 1.66.